The second-order valence-electron chi connectivity index (χ2n) is 28.3. The molecule has 0 radical (unpaired) electrons. The molecule has 1 aromatic rings. The summed E-state index contributed by atoms with van der Waals surface area (Å²) in [6.07, 6.45) is -8.26. The molecule has 0 bridgehead atoms. The third-order valence-corrected chi connectivity index (χ3v) is 20.5. The van der Waals surface area contributed by atoms with Gasteiger partial charge < -0.3 is 60.0 Å². The molecule has 1 aromatic carbocycles. The van der Waals surface area contributed by atoms with Crippen LogP contribution in [0.5, 0.6) is 0 Å². The summed E-state index contributed by atoms with van der Waals surface area (Å²) in [5.74, 6) is -16.4. The average Bonchev–Trinajstić information content (AvgIpc) is 0.817. The predicted octanol–water partition coefficient (Wildman–Crippen LogP) is 4.66. The number of aryl methyl sites for hydroxylation is 1. The molecule has 0 spiro atoms. The first-order valence-corrected chi connectivity index (χ1v) is 35.0. The van der Waals surface area contributed by atoms with Crippen LogP contribution in [0, 0.1) is 17.8 Å². The highest BCUT2D eigenvalue weighted by Gasteiger charge is 2.48. The monoisotopic (exact) mass is 1480 g/mol. The van der Waals surface area contributed by atoms with Gasteiger partial charge in [0.05, 0.1) is 56.2 Å². The Kier molecular flexibility index (Phi) is 30.7. The highest BCUT2D eigenvalue weighted by Crippen LogP contribution is 2.36. The van der Waals surface area contributed by atoms with Gasteiger partial charge in [-0.05, 0) is 87.3 Å². The number of nitrogens with zero attached hydrogens (tertiary/aromatic N) is 10. The van der Waals surface area contributed by atoms with Crippen LogP contribution in [-0.4, -0.2) is 289 Å². The van der Waals surface area contributed by atoms with E-state index in [1.165, 1.54) is 65.8 Å². The summed E-state index contributed by atoms with van der Waals surface area (Å²) in [5, 5.41) is 6.57. The quantitative estimate of drug-likeness (QED) is 0.227. The van der Waals surface area contributed by atoms with E-state index >= 15 is 9.59 Å². The smallest absolute Gasteiger partial charge is 0.343 e. The number of likely N-dealkylation sites (tertiary alicyclic amines) is 2. The van der Waals surface area contributed by atoms with Gasteiger partial charge in [0.25, 0.3) is 5.92 Å². The minimum atomic E-state index is -5.26. The van der Waals surface area contributed by atoms with Gasteiger partial charge in [-0.1, -0.05) is 83.9 Å². The van der Waals surface area contributed by atoms with Gasteiger partial charge in [0, 0.05) is 76.0 Å². The molecule has 0 unspecified atom stereocenters. The van der Waals surface area contributed by atoms with Gasteiger partial charge >= 0.3 is 12.4 Å². The van der Waals surface area contributed by atoms with E-state index < -0.39 is 225 Å². The van der Waals surface area contributed by atoms with E-state index in [9.17, 15) is 83.1 Å². The van der Waals surface area contributed by atoms with Gasteiger partial charge in [0.15, 0.2) is 0 Å². The molecule has 4 fully saturated rings. The number of carbonyl (C=O) groups is 12. The maximum absolute atomic E-state index is 15.1. The van der Waals surface area contributed by atoms with Crippen molar-refractivity contribution in [1.29, 1.82) is 0 Å². The molecule has 0 aromatic heterocycles. The molecule has 1 saturated carbocycles. The van der Waals surface area contributed by atoms with Crippen LogP contribution in [0.4, 0.5) is 35.1 Å². The topological polar surface area (TPSA) is 273 Å². The summed E-state index contributed by atoms with van der Waals surface area (Å²) in [6.45, 7) is 3.93. The van der Waals surface area contributed by atoms with Crippen LogP contribution in [0.2, 0.25) is 5.02 Å². The second-order valence-corrected chi connectivity index (χ2v) is 28.7. The Hall–Kier alpha value is -7.45. The third-order valence-electron chi connectivity index (χ3n) is 20.1. The fraction of sp³-hybridized carbons (Fsp3) is 0.735. The highest BCUT2D eigenvalue weighted by atomic mass is 35.5. The first-order chi connectivity index (χ1) is 47.4. The molecule has 574 valence electrons. The van der Waals surface area contributed by atoms with Crippen LogP contribution >= 0.6 is 11.6 Å². The maximum atomic E-state index is 15.1. The Labute approximate surface area is 596 Å². The number of alkyl halides is 8. The number of likely N-dealkylation sites (N-methyl/N-ethyl adjacent to an activating group) is 8. The lowest BCUT2D eigenvalue weighted by Gasteiger charge is -2.40. The van der Waals surface area contributed by atoms with Crippen molar-refractivity contribution < 1.29 is 92.7 Å². The summed E-state index contributed by atoms with van der Waals surface area (Å²) in [6, 6.07) is -11.0. The number of nitrogens with one attached hydrogen (secondary N) is 3. The highest BCUT2D eigenvalue weighted by molar-refractivity contribution is 6.31. The number of amides is 12. The minimum Gasteiger partial charge on any atom is -0.343 e. The number of piperidine rings is 1. The third kappa shape index (κ3) is 23.3. The van der Waals surface area contributed by atoms with Crippen molar-refractivity contribution in [3.63, 3.8) is 0 Å². The summed E-state index contributed by atoms with van der Waals surface area (Å²) in [7, 11) is 9.55. The van der Waals surface area contributed by atoms with Crippen LogP contribution in [0.25, 0.3) is 0 Å². The largest absolute Gasteiger partial charge is 0.417 e. The fourth-order valence-electron chi connectivity index (χ4n) is 13.4. The van der Waals surface area contributed by atoms with Crippen molar-refractivity contribution in [3.05, 3.63) is 34.3 Å². The number of halogens is 9. The first kappa shape index (κ1) is 85.2. The number of hydrogen-bond donors (Lipinski definition) is 3. The summed E-state index contributed by atoms with van der Waals surface area (Å²) in [5.41, 5.74) is -1.10. The molecule has 1 aliphatic carbocycles. The Bertz CT molecular complexity index is 3170. The first-order valence-electron chi connectivity index (χ1n) is 34.7. The van der Waals surface area contributed by atoms with Crippen LogP contribution < -0.4 is 16.0 Å². The molecule has 12 amide bonds. The number of hydrogen-bond acceptors (Lipinski definition) is 13. The standard InChI is InChI=1S/C68H102ClF8N13O12/c1-14-41(4)56-64(101)83(8)36-54(93)81(6)37-55(94)85(10)50(32-43-21-17-15-18-22-43)62(99)82(7)35-52(91)78-47(26-24-44-23-25-45(46(69)31-44)68(75,76)77)60(97)86(11)49(27-30-89-38-66(70,71)39-89)59(96)79-48(34-67(72,73)74)61(98)88(13)57(40(2)3)65(102)87(12)51(63(100)90-28-19-16-20-29-90)33-53(92)84(9)42(5)58(95)80-56/h23,25,31,40-43,47-51,56-57H,14-22,24,26-30,32-39H2,1-13H3,(H,78,91)(H,79,96)(H,80,95)/t41-,42-,47-,48-,49-,50-,51-,56-,57-/m0/s1. The fourth-order valence-corrected chi connectivity index (χ4v) is 13.7. The van der Waals surface area contributed by atoms with Gasteiger partial charge in [-0.25, -0.2) is 8.78 Å². The Morgan fingerprint density at radius 3 is 1.75 bits per heavy atom. The van der Waals surface area contributed by atoms with Crippen molar-refractivity contribution in [2.75, 3.05) is 109 Å². The Balaban J connectivity index is 1.65. The second kappa shape index (κ2) is 36.8. The Morgan fingerprint density at radius 2 is 1.20 bits per heavy atom. The lowest BCUT2D eigenvalue weighted by atomic mass is 9.84. The summed E-state index contributed by atoms with van der Waals surface area (Å²) < 4.78 is 115. The van der Waals surface area contributed by atoms with E-state index in [2.05, 4.69) is 16.0 Å². The molecule has 3 saturated heterocycles. The number of benzene rings is 1. The zero-order valence-electron chi connectivity index (χ0n) is 60.6. The van der Waals surface area contributed by atoms with E-state index in [4.69, 9.17) is 11.6 Å². The SMILES string of the molecule is CC[C@H](C)[C@@H]1NC(=O)[C@H](C)N(C)C(=O)C[C@@H](C(=O)N2CCCCC2)N(C)C(=O)[C@H](C(C)C)N(C)C(=O)[C@H](CC(F)(F)F)NC(=O)[C@H](CCN2CC(F)(F)C2)N(C)C(=O)[C@H](CCc2ccc(C(F)(F)F)c(Cl)c2)NC(=O)CN(C)C(=O)[C@H](CC2CCCCC2)N(C)C(=O)CN(C)C(=O)CN(C)C1=O. The molecule has 3 heterocycles. The molecule has 3 N–H and O–H groups in total. The molecule has 34 heteroatoms. The zero-order chi connectivity index (χ0) is 76.8. The van der Waals surface area contributed by atoms with E-state index in [-0.39, 0.29) is 37.4 Å². The van der Waals surface area contributed by atoms with Crippen molar-refractivity contribution in [2.45, 2.75) is 198 Å². The van der Waals surface area contributed by atoms with Crippen LogP contribution in [-0.2, 0) is 70.1 Å². The van der Waals surface area contributed by atoms with E-state index in [0.29, 0.717) is 48.0 Å². The lowest BCUT2D eigenvalue weighted by molar-refractivity contribution is -0.161. The molecule has 4 aliphatic rings. The zero-order valence-corrected chi connectivity index (χ0v) is 61.4. The lowest BCUT2D eigenvalue weighted by Crippen LogP contribution is -2.62. The van der Waals surface area contributed by atoms with Crippen LogP contribution in [0.15, 0.2) is 18.2 Å². The van der Waals surface area contributed by atoms with Crippen molar-refractivity contribution in [2.24, 2.45) is 17.8 Å². The van der Waals surface area contributed by atoms with Gasteiger partial charge in [-0.15, -0.1) is 0 Å². The van der Waals surface area contributed by atoms with Gasteiger partial charge in [-0.3, -0.25) is 62.4 Å². The van der Waals surface area contributed by atoms with Crippen LogP contribution in [0.1, 0.15) is 136 Å². The molecule has 102 heavy (non-hydrogen) atoms. The van der Waals surface area contributed by atoms with Gasteiger partial charge in [0.2, 0.25) is 70.9 Å². The van der Waals surface area contributed by atoms with E-state index in [1.807, 2.05) is 0 Å². The van der Waals surface area contributed by atoms with Gasteiger partial charge in [0.1, 0.15) is 48.3 Å². The van der Waals surface area contributed by atoms with Crippen molar-refractivity contribution >= 4 is 82.5 Å². The maximum Gasteiger partial charge on any atom is 0.417 e. The molecular formula is C68H102ClF8N13O12. The molecular weight excluding hydrogens is 1380 g/mol. The van der Waals surface area contributed by atoms with Crippen LogP contribution in [0.3, 0.4) is 0 Å². The molecule has 3 aliphatic heterocycles. The molecule has 5 rings (SSSR count). The van der Waals surface area contributed by atoms with Gasteiger partial charge in [-0.2, -0.15) is 26.3 Å². The van der Waals surface area contributed by atoms with E-state index in [0.717, 1.165) is 88.4 Å². The molecule has 25 nitrogen and oxygen atoms in total. The van der Waals surface area contributed by atoms with Crippen molar-refractivity contribution in [1.82, 2.24) is 64.9 Å². The number of carbonyl (C=O) groups excluding carboxylic acids is 12. The summed E-state index contributed by atoms with van der Waals surface area (Å²) >= 11 is 6.07. The average molecular weight is 1480 g/mol. The normalized spacial score (nSPS) is 26.1. The predicted molar refractivity (Wildman–Crippen MR) is 359 cm³/mol. The Morgan fingerprint density at radius 1 is 0.618 bits per heavy atom. The minimum absolute atomic E-state index is 0.0879. The van der Waals surface area contributed by atoms with E-state index in [1.54, 1.807) is 13.8 Å². The number of rotatable bonds is 13. The summed E-state index contributed by atoms with van der Waals surface area (Å²) in [4.78, 5) is 185. The van der Waals surface area contributed by atoms with Crippen molar-refractivity contribution in [3.8, 4) is 0 Å². The molecule has 9 atom stereocenters.